The van der Waals surface area contributed by atoms with Gasteiger partial charge < -0.3 is 15.5 Å². The van der Waals surface area contributed by atoms with Gasteiger partial charge in [-0.25, -0.2) is 0 Å². The van der Waals surface area contributed by atoms with Gasteiger partial charge in [0.05, 0.1) is 0 Å². The van der Waals surface area contributed by atoms with Crippen LogP contribution in [0.5, 0.6) is 0 Å². The quantitative estimate of drug-likeness (QED) is 0.212. The first kappa shape index (κ1) is 25.5. The van der Waals surface area contributed by atoms with Gasteiger partial charge in [0.2, 0.25) is 0 Å². The summed E-state index contributed by atoms with van der Waals surface area (Å²) in [5.41, 5.74) is 2.52. The maximum absolute atomic E-state index is 4.35. The zero-order valence-electron chi connectivity index (χ0n) is 18.7. The molecule has 0 unspecified atom stereocenters. The van der Waals surface area contributed by atoms with Gasteiger partial charge in [-0.05, 0) is 37.1 Å². The minimum atomic E-state index is 0. The second-order valence-corrected chi connectivity index (χ2v) is 7.81. The van der Waals surface area contributed by atoms with Gasteiger partial charge in [-0.2, -0.15) is 0 Å². The molecule has 1 fully saturated rings. The monoisotopic (exact) mass is 536 g/mol. The number of piperazine rings is 1. The van der Waals surface area contributed by atoms with Crippen LogP contribution in [0.4, 0.5) is 0 Å². The summed E-state index contributed by atoms with van der Waals surface area (Å²) in [4.78, 5) is 13.8. The van der Waals surface area contributed by atoms with Crippen LogP contribution in [0.1, 0.15) is 24.1 Å². The van der Waals surface area contributed by atoms with Crippen molar-refractivity contribution in [2.75, 3.05) is 52.9 Å². The first-order chi connectivity index (χ1) is 14.8. The van der Waals surface area contributed by atoms with Crippen LogP contribution in [0.3, 0.4) is 0 Å². The summed E-state index contributed by atoms with van der Waals surface area (Å²) in [6, 6.07) is 16.8. The Hall–Kier alpha value is -1.71. The molecule has 0 spiro atoms. The van der Waals surface area contributed by atoms with Crippen LogP contribution in [-0.4, -0.2) is 73.6 Å². The van der Waals surface area contributed by atoms with E-state index >= 15 is 0 Å². The molecule has 0 radical (unpaired) electrons. The van der Waals surface area contributed by atoms with E-state index in [0.717, 1.165) is 44.1 Å². The molecule has 170 valence electrons. The molecule has 1 aromatic carbocycles. The van der Waals surface area contributed by atoms with Gasteiger partial charge in [0.1, 0.15) is 0 Å². The Balaban J connectivity index is 0.00000341. The first-order valence-electron chi connectivity index (χ1n) is 11.2. The van der Waals surface area contributed by atoms with E-state index in [9.17, 15) is 0 Å². The average Bonchev–Trinajstić information content (AvgIpc) is 2.80. The van der Waals surface area contributed by atoms with Crippen LogP contribution in [-0.2, 0) is 13.0 Å². The van der Waals surface area contributed by atoms with Crippen molar-refractivity contribution in [3.05, 3.63) is 66.0 Å². The smallest absolute Gasteiger partial charge is 0.190 e. The van der Waals surface area contributed by atoms with E-state index in [1.54, 1.807) is 0 Å². The number of aromatic nitrogens is 1. The van der Waals surface area contributed by atoms with Gasteiger partial charge in [-0.15, -0.1) is 24.0 Å². The van der Waals surface area contributed by atoms with Gasteiger partial charge in [0.25, 0.3) is 0 Å². The molecule has 0 atom stereocenters. The van der Waals surface area contributed by atoms with Crippen LogP contribution < -0.4 is 10.6 Å². The highest BCUT2D eigenvalue weighted by Gasteiger charge is 2.16. The topological polar surface area (TPSA) is 55.8 Å². The Kier molecular flexibility index (Phi) is 12.5. The summed E-state index contributed by atoms with van der Waals surface area (Å²) in [5.74, 6) is 0.875. The fourth-order valence-corrected chi connectivity index (χ4v) is 3.76. The molecule has 2 N–H and O–H groups in total. The predicted molar refractivity (Wildman–Crippen MR) is 140 cm³/mol. The number of hydrogen-bond donors (Lipinski definition) is 2. The number of benzene rings is 1. The summed E-state index contributed by atoms with van der Waals surface area (Å²) in [7, 11) is 1.82. The van der Waals surface area contributed by atoms with Crippen molar-refractivity contribution in [3.63, 3.8) is 0 Å². The summed E-state index contributed by atoms with van der Waals surface area (Å²) < 4.78 is 0. The van der Waals surface area contributed by atoms with Crippen molar-refractivity contribution in [2.24, 2.45) is 4.99 Å². The second kappa shape index (κ2) is 15.2. The molecule has 1 aliphatic heterocycles. The number of rotatable bonds is 10. The number of halogens is 1. The highest BCUT2D eigenvalue weighted by Crippen LogP contribution is 2.09. The third-order valence-electron chi connectivity index (χ3n) is 5.53. The third kappa shape index (κ3) is 9.97. The maximum Gasteiger partial charge on any atom is 0.190 e. The molecule has 1 saturated heterocycles. The van der Waals surface area contributed by atoms with Gasteiger partial charge >= 0.3 is 0 Å². The van der Waals surface area contributed by atoms with Crippen molar-refractivity contribution >= 4 is 29.9 Å². The Morgan fingerprint density at radius 1 is 0.903 bits per heavy atom. The molecule has 7 heteroatoms. The summed E-state index contributed by atoms with van der Waals surface area (Å²) >= 11 is 0. The summed E-state index contributed by atoms with van der Waals surface area (Å²) in [5, 5.41) is 6.79. The molecule has 6 nitrogen and oxygen atoms in total. The normalized spacial score (nSPS) is 15.3. The van der Waals surface area contributed by atoms with E-state index in [1.807, 2.05) is 25.4 Å². The van der Waals surface area contributed by atoms with Crippen molar-refractivity contribution in [3.8, 4) is 0 Å². The minimum Gasteiger partial charge on any atom is -0.356 e. The average molecular weight is 537 g/mol. The Labute approximate surface area is 204 Å². The lowest BCUT2D eigenvalue weighted by molar-refractivity contribution is 0.126. The van der Waals surface area contributed by atoms with E-state index in [0.29, 0.717) is 0 Å². The largest absolute Gasteiger partial charge is 0.356 e. The molecule has 2 aromatic rings. The Morgan fingerprint density at radius 3 is 2.32 bits per heavy atom. The number of unbranched alkanes of at least 4 members (excludes halogenated alkanes) is 1. The molecule has 1 aliphatic rings. The minimum absolute atomic E-state index is 0. The molecule has 0 amide bonds. The lowest BCUT2D eigenvalue weighted by Crippen LogP contribution is -2.46. The molecular weight excluding hydrogens is 499 g/mol. The van der Waals surface area contributed by atoms with E-state index < -0.39 is 0 Å². The molecule has 1 aromatic heterocycles. The molecule has 0 saturated carbocycles. The van der Waals surface area contributed by atoms with E-state index in [1.165, 1.54) is 44.7 Å². The van der Waals surface area contributed by atoms with Crippen molar-refractivity contribution in [2.45, 2.75) is 25.8 Å². The summed E-state index contributed by atoms with van der Waals surface area (Å²) in [6.45, 7) is 8.74. The number of nitrogens with one attached hydrogen (secondary N) is 2. The van der Waals surface area contributed by atoms with Gasteiger partial charge in [0.15, 0.2) is 5.96 Å². The third-order valence-corrected chi connectivity index (χ3v) is 5.53. The van der Waals surface area contributed by atoms with Gasteiger partial charge in [-0.1, -0.05) is 36.4 Å². The standard InChI is InChI=1S/C24H36N6.HI/c1-25-24(28-15-12-23-11-5-6-13-26-23)27-14-7-8-16-29-17-19-30(20-18-29)21-22-9-3-2-4-10-22;/h2-6,9-11,13H,7-8,12,14-21H2,1H3,(H2,25,27,28);1H. The van der Waals surface area contributed by atoms with Crippen LogP contribution in [0, 0.1) is 0 Å². The number of guanidine groups is 1. The van der Waals surface area contributed by atoms with Crippen LogP contribution in [0.2, 0.25) is 0 Å². The zero-order valence-corrected chi connectivity index (χ0v) is 21.0. The fraction of sp³-hybridized carbons (Fsp3) is 0.500. The van der Waals surface area contributed by atoms with Gasteiger partial charge in [0, 0.05) is 71.2 Å². The van der Waals surface area contributed by atoms with Crippen molar-refractivity contribution in [1.29, 1.82) is 0 Å². The van der Waals surface area contributed by atoms with E-state index in [-0.39, 0.29) is 24.0 Å². The molecule has 0 bridgehead atoms. The van der Waals surface area contributed by atoms with E-state index in [2.05, 4.69) is 66.8 Å². The lowest BCUT2D eigenvalue weighted by Gasteiger charge is -2.34. The molecule has 3 rings (SSSR count). The van der Waals surface area contributed by atoms with Crippen LogP contribution in [0.25, 0.3) is 0 Å². The number of aliphatic imine (C=N–C) groups is 1. The Bertz CT molecular complexity index is 732. The zero-order chi connectivity index (χ0) is 20.9. The van der Waals surface area contributed by atoms with Crippen molar-refractivity contribution < 1.29 is 0 Å². The number of hydrogen-bond acceptors (Lipinski definition) is 4. The lowest BCUT2D eigenvalue weighted by atomic mass is 10.2. The second-order valence-electron chi connectivity index (χ2n) is 7.81. The molecule has 2 heterocycles. The van der Waals surface area contributed by atoms with E-state index in [4.69, 9.17) is 0 Å². The molecule has 0 aliphatic carbocycles. The fourth-order valence-electron chi connectivity index (χ4n) is 3.76. The van der Waals surface area contributed by atoms with Gasteiger partial charge in [-0.3, -0.25) is 14.9 Å². The number of nitrogens with zero attached hydrogens (tertiary/aromatic N) is 4. The number of pyridine rings is 1. The maximum atomic E-state index is 4.35. The first-order valence-corrected chi connectivity index (χ1v) is 11.2. The summed E-state index contributed by atoms with van der Waals surface area (Å²) in [6.07, 6.45) is 5.12. The van der Waals surface area contributed by atoms with Crippen LogP contribution in [0.15, 0.2) is 59.7 Å². The molecule has 31 heavy (non-hydrogen) atoms. The SMILES string of the molecule is CN=C(NCCCCN1CCN(Cc2ccccc2)CC1)NCCc1ccccn1.I. The highest BCUT2D eigenvalue weighted by molar-refractivity contribution is 14.0. The van der Waals surface area contributed by atoms with Crippen LogP contribution >= 0.6 is 24.0 Å². The van der Waals surface area contributed by atoms with Crippen molar-refractivity contribution in [1.82, 2.24) is 25.4 Å². The molecular formula is C24H37IN6. The predicted octanol–water partition coefficient (Wildman–Crippen LogP) is 3.01. The highest BCUT2D eigenvalue weighted by atomic mass is 127. The Morgan fingerprint density at radius 2 is 1.61 bits per heavy atom.